The minimum absolute atomic E-state index is 0.145. The maximum Gasteiger partial charge on any atom is 0.328 e. The molecule has 0 radical (unpaired) electrons. The van der Waals surface area contributed by atoms with Gasteiger partial charge in [-0.05, 0) is 6.92 Å². The van der Waals surface area contributed by atoms with Crippen LogP contribution in [0.4, 0.5) is 0 Å². The number of hydrogen-bond donors (Lipinski definition) is 1. The molecule has 1 fully saturated rings. The number of likely N-dealkylation sites (tertiary alicyclic amines) is 1. The molecule has 6 nitrogen and oxygen atoms in total. The van der Waals surface area contributed by atoms with Crippen molar-refractivity contribution in [3.8, 4) is 0 Å². The summed E-state index contributed by atoms with van der Waals surface area (Å²) in [6.07, 6.45) is -1.09. The normalized spacial score (nSPS) is 26.6. The molecule has 0 bridgehead atoms. The lowest BCUT2D eigenvalue weighted by molar-refractivity contribution is -0.154. The van der Waals surface area contributed by atoms with E-state index in [1.54, 1.807) is 6.92 Å². The monoisotopic (exact) mass is 231 g/mol. The number of hydrogen-bond acceptors (Lipinski definition) is 5. The van der Waals surface area contributed by atoms with Crippen molar-refractivity contribution in [3.05, 3.63) is 0 Å². The third kappa shape index (κ3) is 2.51. The Morgan fingerprint density at radius 2 is 2.06 bits per heavy atom. The molecule has 1 amide bonds. The highest BCUT2D eigenvalue weighted by molar-refractivity contribution is 5.87. The van der Waals surface area contributed by atoms with Crippen LogP contribution in [0.3, 0.4) is 0 Å². The summed E-state index contributed by atoms with van der Waals surface area (Å²) >= 11 is 0. The first kappa shape index (κ1) is 12.9. The fraction of sp³-hybridized carbons (Fsp3) is 0.800. The van der Waals surface area contributed by atoms with Crippen molar-refractivity contribution in [2.75, 3.05) is 20.8 Å². The van der Waals surface area contributed by atoms with Crippen LogP contribution >= 0.6 is 0 Å². The summed E-state index contributed by atoms with van der Waals surface area (Å²) in [5.74, 6) is -0.817. The molecule has 0 aromatic heterocycles. The zero-order valence-corrected chi connectivity index (χ0v) is 9.67. The van der Waals surface area contributed by atoms with Crippen LogP contribution in [0.5, 0.6) is 0 Å². The topological polar surface area (TPSA) is 76.1 Å². The first-order valence-corrected chi connectivity index (χ1v) is 5.10. The molecule has 0 aromatic carbocycles. The van der Waals surface area contributed by atoms with Crippen LogP contribution in [0.1, 0.15) is 13.3 Å². The molecule has 1 aliphatic rings. The second-order valence-corrected chi connectivity index (χ2v) is 3.80. The van der Waals surface area contributed by atoms with Gasteiger partial charge in [0.25, 0.3) is 5.91 Å². The van der Waals surface area contributed by atoms with E-state index in [1.807, 2.05) is 0 Å². The molecule has 1 N–H and O–H groups in total. The van der Waals surface area contributed by atoms with Crippen molar-refractivity contribution in [1.29, 1.82) is 0 Å². The summed E-state index contributed by atoms with van der Waals surface area (Å²) in [7, 11) is 2.68. The number of β-amino-alcohol motifs (C(OH)–C–C–N with tert-alkyl or cyclic N) is 1. The number of rotatable bonds is 3. The molecule has 0 aromatic rings. The van der Waals surface area contributed by atoms with E-state index in [0.717, 1.165) is 0 Å². The Balaban J connectivity index is 2.77. The van der Waals surface area contributed by atoms with Gasteiger partial charge in [0, 0.05) is 20.1 Å². The molecule has 0 saturated carbocycles. The summed E-state index contributed by atoms with van der Waals surface area (Å²) in [5, 5.41) is 9.48. The van der Waals surface area contributed by atoms with E-state index in [-0.39, 0.29) is 18.9 Å². The number of esters is 1. The average Bonchev–Trinajstić information content (AvgIpc) is 2.68. The van der Waals surface area contributed by atoms with E-state index in [2.05, 4.69) is 4.74 Å². The van der Waals surface area contributed by atoms with Crippen molar-refractivity contribution < 1.29 is 24.2 Å². The maximum atomic E-state index is 11.8. The third-order valence-electron chi connectivity index (χ3n) is 2.74. The van der Waals surface area contributed by atoms with Gasteiger partial charge in [-0.3, -0.25) is 4.79 Å². The lowest BCUT2D eigenvalue weighted by Gasteiger charge is -2.24. The van der Waals surface area contributed by atoms with Gasteiger partial charge in [-0.25, -0.2) is 4.79 Å². The van der Waals surface area contributed by atoms with Crippen LogP contribution in [0.25, 0.3) is 0 Å². The lowest BCUT2D eigenvalue weighted by Crippen LogP contribution is -2.45. The minimum atomic E-state index is -0.704. The van der Waals surface area contributed by atoms with E-state index in [9.17, 15) is 14.7 Å². The van der Waals surface area contributed by atoms with E-state index < -0.39 is 24.2 Å². The zero-order chi connectivity index (χ0) is 12.3. The van der Waals surface area contributed by atoms with Crippen LogP contribution < -0.4 is 0 Å². The Hall–Kier alpha value is -1.14. The molecule has 16 heavy (non-hydrogen) atoms. The number of methoxy groups -OCH3 is 2. The fourth-order valence-corrected chi connectivity index (χ4v) is 1.75. The van der Waals surface area contributed by atoms with E-state index in [0.29, 0.717) is 0 Å². The van der Waals surface area contributed by atoms with Gasteiger partial charge in [-0.2, -0.15) is 0 Å². The largest absolute Gasteiger partial charge is 0.467 e. The van der Waals surface area contributed by atoms with Crippen molar-refractivity contribution >= 4 is 11.9 Å². The molecule has 92 valence electrons. The van der Waals surface area contributed by atoms with E-state index >= 15 is 0 Å². The van der Waals surface area contributed by atoms with E-state index in [1.165, 1.54) is 19.1 Å². The quantitative estimate of drug-likeness (QED) is 0.641. The molecule has 3 unspecified atom stereocenters. The lowest BCUT2D eigenvalue weighted by atomic mass is 10.2. The van der Waals surface area contributed by atoms with Crippen LogP contribution in [0.15, 0.2) is 0 Å². The van der Waals surface area contributed by atoms with Crippen LogP contribution in [-0.2, 0) is 19.1 Å². The van der Waals surface area contributed by atoms with Crippen LogP contribution in [0.2, 0.25) is 0 Å². The molecule has 1 rings (SSSR count). The Bertz CT molecular complexity index is 280. The van der Waals surface area contributed by atoms with Gasteiger partial charge in [0.05, 0.1) is 13.2 Å². The van der Waals surface area contributed by atoms with Gasteiger partial charge in [0.2, 0.25) is 0 Å². The molecular formula is C10H17NO5. The zero-order valence-electron chi connectivity index (χ0n) is 9.67. The second kappa shape index (κ2) is 5.27. The van der Waals surface area contributed by atoms with Crippen LogP contribution in [0, 0.1) is 0 Å². The Morgan fingerprint density at radius 3 is 2.56 bits per heavy atom. The predicted octanol–water partition coefficient (Wildman–Crippen LogP) is -0.844. The summed E-state index contributed by atoms with van der Waals surface area (Å²) in [5.41, 5.74) is 0. The molecule has 6 heteroatoms. The van der Waals surface area contributed by atoms with Crippen molar-refractivity contribution in [2.45, 2.75) is 31.6 Å². The molecule has 0 spiro atoms. The van der Waals surface area contributed by atoms with Crippen molar-refractivity contribution in [2.24, 2.45) is 0 Å². The first-order chi connectivity index (χ1) is 7.51. The maximum absolute atomic E-state index is 11.8. The number of carbonyl (C=O) groups excluding carboxylic acids is 2. The predicted molar refractivity (Wildman–Crippen MR) is 54.6 cm³/mol. The number of aliphatic hydroxyl groups excluding tert-OH is 1. The first-order valence-electron chi connectivity index (χ1n) is 5.10. The van der Waals surface area contributed by atoms with Gasteiger partial charge in [-0.1, -0.05) is 0 Å². The Kier molecular flexibility index (Phi) is 4.26. The fourth-order valence-electron chi connectivity index (χ4n) is 1.75. The number of carbonyl (C=O) groups is 2. The summed E-state index contributed by atoms with van der Waals surface area (Å²) in [4.78, 5) is 24.6. The van der Waals surface area contributed by atoms with Gasteiger partial charge in [0.15, 0.2) is 0 Å². The number of ether oxygens (including phenoxy) is 2. The highest BCUT2D eigenvalue weighted by atomic mass is 16.5. The number of amides is 1. The third-order valence-corrected chi connectivity index (χ3v) is 2.74. The summed E-state index contributed by atoms with van der Waals surface area (Å²) in [6.45, 7) is 1.74. The van der Waals surface area contributed by atoms with E-state index in [4.69, 9.17) is 4.74 Å². The number of aliphatic hydroxyl groups is 1. The molecular weight excluding hydrogens is 214 g/mol. The Morgan fingerprint density at radius 1 is 1.44 bits per heavy atom. The van der Waals surface area contributed by atoms with Gasteiger partial charge in [-0.15, -0.1) is 0 Å². The highest BCUT2D eigenvalue weighted by Crippen LogP contribution is 2.20. The highest BCUT2D eigenvalue weighted by Gasteiger charge is 2.40. The van der Waals surface area contributed by atoms with Crippen LogP contribution in [-0.4, -0.2) is 60.9 Å². The molecule has 1 heterocycles. The van der Waals surface area contributed by atoms with Crippen molar-refractivity contribution in [1.82, 2.24) is 4.90 Å². The smallest absolute Gasteiger partial charge is 0.328 e. The molecule has 1 saturated heterocycles. The van der Waals surface area contributed by atoms with Crippen molar-refractivity contribution in [3.63, 3.8) is 0 Å². The summed E-state index contributed by atoms with van der Waals surface area (Å²) in [6, 6.07) is -0.704. The standard InChI is InChI=1S/C10H17NO5/c1-6(15-2)9(13)11-5-7(12)4-8(11)10(14)16-3/h6-8,12H,4-5H2,1-3H3. The number of nitrogens with zero attached hydrogens (tertiary/aromatic N) is 1. The second-order valence-electron chi connectivity index (χ2n) is 3.80. The van der Waals surface area contributed by atoms with Gasteiger partial charge >= 0.3 is 5.97 Å². The molecule has 3 atom stereocenters. The average molecular weight is 231 g/mol. The van der Waals surface area contributed by atoms with Gasteiger partial charge < -0.3 is 19.5 Å². The summed E-state index contributed by atoms with van der Waals surface area (Å²) < 4.78 is 9.49. The molecule has 0 aliphatic carbocycles. The molecule has 1 aliphatic heterocycles. The van der Waals surface area contributed by atoms with Gasteiger partial charge in [0.1, 0.15) is 12.1 Å². The SMILES string of the molecule is COC(=O)C1CC(O)CN1C(=O)C(C)OC. The minimum Gasteiger partial charge on any atom is -0.467 e. The Labute approximate surface area is 94.1 Å².